The summed E-state index contributed by atoms with van der Waals surface area (Å²) >= 11 is 0. The van der Waals surface area contributed by atoms with E-state index in [-0.39, 0.29) is 0 Å². The third kappa shape index (κ3) is 0.972. The topological polar surface area (TPSA) is 50.8 Å². The van der Waals surface area contributed by atoms with Crippen LogP contribution >= 0.6 is 0 Å². The Morgan fingerprint density at radius 3 is 3.25 bits per heavy atom. The first-order valence-electron chi connectivity index (χ1n) is 3.61. The Morgan fingerprint density at radius 1 is 1.58 bits per heavy atom. The highest BCUT2D eigenvalue weighted by molar-refractivity contribution is 5.92. The highest BCUT2D eigenvalue weighted by Crippen LogP contribution is 2.22. The second-order valence-corrected chi connectivity index (χ2v) is 2.62. The second kappa shape index (κ2) is 2.41. The molecule has 2 N–H and O–H groups in total. The molecule has 0 aromatic rings. The van der Waals surface area contributed by atoms with Gasteiger partial charge in [0.1, 0.15) is 0 Å². The number of nitrogens with two attached hydrogens (primary N) is 1. The molecular formula is C8H9N3O. The number of oxime groups is 1. The van der Waals surface area contributed by atoms with Crippen LogP contribution in [0.25, 0.3) is 0 Å². The van der Waals surface area contributed by atoms with Gasteiger partial charge < -0.3 is 15.5 Å². The fourth-order valence-corrected chi connectivity index (χ4v) is 1.12. The fourth-order valence-electron chi connectivity index (χ4n) is 1.12. The van der Waals surface area contributed by atoms with E-state index < -0.39 is 0 Å². The summed E-state index contributed by atoms with van der Waals surface area (Å²) in [5, 5.41) is 3.64. The van der Waals surface area contributed by atoms with Gasteiger partial charge >= 0.3 is 0 Å². The maximum absolute atomic E-state index is 5.47. The monoisotopic (exact) mass is 163 g/mol. The summed E-state index contributed by atoms with van der Waals surface area (Å²) in [6, 6.07) is 0. The summed E-state index contributed by atoms with van der Waals surface area (Å²) in [7, 11) is 1.93. The number of rotatable bonds is 0. The van der Waals surface area contributed by atoms with E-state index in [1.54, 1.807) is 6.08 Å². The van der Waals surface area contributed by atoms with Crippen LogP contribution in [0.3, 0.4) is 0 Å². The standard InChI is InChI=1S/C8H9N3O/c1-11-4-2-3-7-6(11)5-8(9)10-12-7/h2-5H,1H3,(H2,9,10). The maximum atomic E-state index is 5.47. The molecule has 4 heteroatoms. The first kappa shape index (κ1) is 6.97. The van der Waals surface area contributed by atoms with Crippen LogP contribution in [0.4, 0.5) is 0 Å². The van der Waals surface area contributed by atoms with Crippen molar-refractivity contribution in [1.29, 1.82) is 0 Å². The van der Waals surface area contributed by atoms with E-state index in [4.69, 9.17) is 10.6 Å². The smallest absolute Gasteiger partial charge is 0.181 e. The lowest BCUT2D eigenvalue weighted by atomic mass is 10.2. The van der Waals surface area contributed by atoms with E-state index in [0.717, 1.165) is 11.5 Å². The van der Waals surface area contributed by atoms with E-state index in [1.165, 1.54) is 0 Å². The zero-order valence-corrected chi connectivity index (χ0v) is 6.69. The Hall–Kier alpha value is -1.71. The number of amidine groups is 1. The molecule has 0 unspecified atom stereocenters. The van der Waals surface area contributed by atoms with Gasteiger partial charge in [0.15, 0.2) is 11.6 Å². The fraction of sp³-hybridized carbons (Fsp3) is 0.125. The Bertz CT molecular complexity index is 325. The first-order chi connectivity index (χ1) is 5.77. The lowest BCUT2D eigenvalue weighted by molar-refractivity contribution is 0.217. The molecule has 0 amide bonds. The Morgan fingerprint density at radius 2 is 2.42 bits per heavy atom. The van der Waals surface area contributed by atoms with Crippen LogP contribution in [-0.4, -0.2) is 17.8 Å². The first-order valence-corrected chi connectivity index (χ1v) is 3.61. The van der Waals surface area contributed by atoms with Crippen molar-refractivity contribution in [2.75, 3.05) is 7.05 Å². The summed E-state index contributed by atoms with van der Waals surface area (Å²) in [6.45, 7) is 0. The molecule has 0 saturated heterocycles. The van der Waals surface area contributed by atoms with Crippen molar-refractivity contribution in [3.05, 3.63) is 35.9 Å². The van der Waals surface area contributed by atoms with Crippen LogP contribution in [0.2, 0.25) is 0 Å². The summed E-state index contributed by atoms with van der Waals surface area (Å²) < 4.78 is 0. The van der Waals surface area contributed by atoms with Crippen molar-refractivity contribution < 1.29 is 4.84 Å². The van der Waals surface area contributed by atoms with Crippen molar-refractivity contribution >= 4 is 5.84 Å². The van der Waals surface area contributed by atoms with Gasteiger partial charge in [-0.15, -0.1) is 0 Å². The van der Waals surface area contributed by atoms with Gasteiger partial charge in [0.05, 0.1) is 5.70 Å². The van der Waals surface area contributed by atoms with Crippen molar-refractivity contribution in [3.8, 4) is 0 Å². The molecule has 0 aromatic carbocycles. The van der Waals surface area contributed by atoms with Gasteiger partial charge in [-0.05, 0) is 12.2 Å². The number of fused-ring (bicyclic) bond motifs is 1. The number of nitrogens with zero attached hydrogens (tertiary/aromatic N) is 2. The van der Waals surface area contributed by atoms with E-state index in [2.05, 4.69) is 5.16 Å². The molecule has 0 atom stereocenters. The highest BCUT2D eigenvalue weighted by Gasteiger charge is 2.17. The summed E-state index contributed by atoms with van der Waals surface area (Å²) in [4.78, 5) is 6.95. The molecule has 2 aliphatic heterocycles. The van der Waals surface area contributed by atoms with E-state index in [0.29, 0.717) is 5.84 Å². The van der Waals surface area contributed by atoms with E-state index in [1.807, 2.05) is 30.3 Å². The third-order valence-corrected chi connectivity index (χ3v) is 1.72. The maximum Gasteiger partial charge on any atom is 0.181 e. The molecule has 0 radical (unpaired) electrons. The van der Waals surface area contributed by atoms with Crippen molar-refractivity contribution in [2.24, 2.45) is 10.9 Å². The van der Waals surface area contributed by atoms with Gasteiger partial charge in [0.25, 0.3) is 0 Å². The molecule has 0 bridgehead atoms. The van der Waals surface area contributed by atoms with Crippen LogP contribution < -0.4 is 5.73 Å². The van der Waals surface area contributed by atoms with Crippen molar-refractivity contribution in [3.63, 3.8) is 0 Å². The van der Waals surface area contributed by atoms with Crippen molar-refractivity contribution in [1.82, 2.24) is 4.90 Å². The van der Waals surface area contributed by atoms with Gasteiger partial charge in [-0.2, -0.15) is 0 Å². The zero-order chi connectivity index (χ0) is 8.55. The van der Waals surface area contributed by atoms with Gasteiger partial charge in [0, 0.05) is 19.3 Å². The second-order valence-electron chi connectivity index (χ2n) is 2.62. The molecule has 12 heavy (non-hydrogen) atoms. The van der Waals surface area contributed by atoms with Crippen LogP contribution in [0.15, 0.2) is 41.0 Å². The number of allylic oxidation sites excluding steroid dienone is 2. The average Bonchev–Trinajstić information content (AvgIpc) is 2.07. The Labute approximate surface area is 70.3 Å². The lowest BCUT2D eigenvalue weighted by Crippen LogP contribution is -2.23. The predicted octanol–water partition coefficient (Wildman–Crippen LogP) is 0.516. The molecule has 62 valence electrons. The van der Waals surface area contributed by atoms with Crippen molar-refractivity contribution in [2.45, 2.75) is 0 Å². The average molecular weight is 163 g/mol. The minimum atomic E-state index is 0.393. The molecule has 0 aromatic heterocycles. The Balaban J connectivity index is 2.41. The molecule has 2 aliphatic rings. The van der Waals surface area contributed by atoms with Gasteiger partial charge in [-0.3, -0.25) is 0 Å². The van der Waals surface area contributed by atoms with Crippen LogP contribution in [0.5, 0.6) is 0 Å². The van der Waals surface area contributed by atoms with E-state index in [9.17, 15) is 0 Å². The minimum Gasteiger partial charge on any atom is -0.381 e. The quantitative estimate of drug-likeness (QED) is 0.566. The predicted molar refractivity (Wildman–Crippen MR) is 45.8 cm³/mol. The molecule has 0 aliphatic carbocycles. The summed E-state index contributed by atoms with van der Waals surface area (Å²) in [5.41, 5.74) is 6.41. The molecule has 0 fully saturated rings. The van der Waals surface area contributed by atoms with Crippen LogP contribution in [-0.2, 0) is 4.84 Å². The molecule has 0 saturated carbocycles. The van der Waals surface area contributed by atoms with Gasteiger partial charge in [-0.25, -0.2) is 0 Å². The van der Waals surface area contributed by atoms with Crippen LogP contribution in [0.1, 0.15) is 0 Å². The molecule has 4 nitrogen and oxygen atoms in total. The number of hydrogen-bond donors (Lipinski definition) is 1. The van der Waals surface area contributed by atoms with E-state index >= 15 is 0 Å². The lowest BCUT2D eigenvalue weighted by Gasteiger charge is -2.23. The highest BCUT2D eigenvalue weighted by atomic mass is 16.6. The molecule has 2 rings (SSSR count). The zero-order valence-electron chi connectivity index (χ0n) is 6.69. The third-order valence-electron chi connectivity index (χ3n) is 1.72. The molecule has 2 heterocycles. The van der Waals surface area contributed by atoms with Gasteiger partial charge in [0.2, 0.25) is 0 Å². The number of likely N-dealkylation sites (N-methyl/N-ethyl adjacent to an activating group) is 1. The van der Waals surface area contributed by atoms with Crippen LogP contribution in [0, 0.1) is 0 Å². The molecular weight excluding hydrogens is 154 g/mol. The minimum absolute atomic E-state index is 0.393. The normalized spacial score (nSPS) is 20.4. The largest absolute Gasteiger partial charge is 0.381 e. The SMILES string of the molecule is CN1C=CC=C2ON=C(N)C=C21. The van der Waals surface area contributed by atoms with Gasteiger partial charge in [-0.1, -0.05) is 5.16 Å². The summed E-state index contributed by atoms with van der Waals surface area (Å²) in [5.74, 6) is 1.12. The Kier molecular flexibility index (Phi) is 1.40. The molecule has 0 spiro atoms. The summed E-state index contributed by atoms with van der Waals surface area (Å²) in [6.07, 6.45) is 7.45. The number of hydrogen-bond acceptors (Lipinski definition) is 4.